The van der Waals surface area contributed by atoms with Crippen LogP contribution in [0.4, 0.5) is 34.1 Å². The lowest BCUT2D eigenvalue weighted by molar-refractivity contribution is -0.0398. The number of benzene rings is 11. The van der Waals surface area contributed by atoms with Crippen LogP contribution in [-0.4, -0.2) is 9.13 Å². The SMILES string of the molecule is CC(C)(C)c1ccc(N(c2ccc3c(c2)C2(c4cc(N(c5ccc(C(C)(C)C)cc5)c5ccc6c(c5)c5ccccc5n6-c5ccccc5)c5ccccc5c4-3)C3CC4CC(C3)CC2C4)c2ccc3c(c2)c2ccccc2n3-c2ccccc2)cc1. The molecule has 420 valence electrons. The third-order valence-electron chi connectivity index (χ3n) is 21.0. The second-order valence-electron chi connectivity index (χ2n) is 27.8. The van der Waals surface area contributed by atoms with E-state index in [1.54, 1.807) is 5.56 Å². The maximum Gasteiger partial charge on any atom is 0.0543 e. The van der Waals surface area contributed by atoms with E-state index in [0.717, 1.165) is 23.2 Å². The summed E-state index contributed by atoms with van der Waals surface area (Å²) in [4.78, 5) is 5.19. The van der Waals surface area contributed by atoms with E-state index < -0.39 is 0 Å². The Morgan fingerprint density at radius 1 is 0.337 bits per heavy atom. The number of fused-ring (bicyclic) bond motifs is 11. The smallest absolute Gasteiger partial charge is 0.0543 e. The monoisotopic (exact) mass is 1110 g/mol. The van der Waals surface area contributed by atoms with Gasteiger partial charge in [0.2, 0.25) is 0 Å². The number of para-hydroxylation sites is 4. The molecular weight excluding hydrogens is 1040 g/mol. The minimum atomic E-state index is -0.156. The van der Waals surface area contributed by atoms with Crippen molar-refractivity contribution < 1.29 is 0 Å². The molecule has 11 aromatic carbocycles. The van der Waals surface area contributed by atoms with Crippen molar-refractivity contribution >= 4 is 88.5 Å². The minimum Gasteiger partial charge on any atom is -0.310 e. The van der Waals surface area contributed by atoms with Gasteiger partial charge in [-0.15, -0.1) is 0 Å². The summed E-state index contributed by atoms with van der Waals surface area (Å²) in [6.07, 6.45) is 6.56. The molecule has 0 aliphatic heterocycles. The predicted octanol–water partition coefficient (Wildman–Crippen LogP) is 22.3. The van der Waals surface area contributed by atoms with Crippen LogP contribution in [0.15, 0.2) is 243 Å². The van der Waals surface area contributed by atoms with Gasteiger partial charge in [-0.2, -0.15) is 0 Å². The Morgan fingerprint density at radius 2 is 0.744 bits per heavy atom. The summed E-state index contributed by atoms with van der Waals surface area (Å²) in [7, 11) is 0. The second-order valence-corrected chi connectivity index (χ2v) is 27.8. The quantitative estimate of drug-likeness (QED) is 0.151. The van der Waals surface area contributed by atoms with E-state index in [2.05, 4.69) is 303 Å². The Labute approximate surface area is 505 Å². The van der Waals surface area contributed by atoms with E-state index >= 15 is 0 Å². The van der Waals surface area contributed by atoms with Gasteiger partial charge in [-0.25, -0.2) is 0 Å². The molecule has 4 heteroatoms. The van der Waals surface area contributed by atoms with Crippen LogP contribution >= 0.6 is 0 Å². The molecule has 18 rings (SSSR count). The first-order valence-electron chi connectivity index (χ1n) is 31.6. The molecule has 2 aromatic heterocycles. The molecule has 2 heterocycles. The lowest BCUT2D eigenvalue weighted by Crippen LogP contribution is -2.55. The van der Waals surface area contributed by atoms with Crippen LogP contribution in [0.1, 0.15) is 95.9 Å². The minimum absolute atomic E-state index is 0.0132. The molecule has 4 nitrogen and oxygen atoms in total. The van der Waals surface area contributed by atoms with Gasteiger partial charge < -0.3 is 18.9 Å². The third-order valence-corrected chi connectivity index (χ3v) is 21.0. The number of nitrogens with zero attached hydrogens (tertiary/aromatic N) is 4. The Balaban J connectivity index is 0.899. The summed E-state index contributed by atoms with van der Waals surface area (Å²) in [5.74, 6) is 2.68. The molecule has 4 fully saturated rings. The standard InChI is InChI=1S/C82H72N4/c1-80(2,3)54-29-33-60(34-30-54)83(62-38-41-76-70(48-62)66-24-15-17-27-74(66)85(76)58-19-9-7-10-20-58)64-37-40-69-72(50-64)82(56-44-52-43-53(46-56)47-57(82)45-52)73-51-78(65-23-13-14-26-68(65)79(69)73)84(61-35-31-55(32-36-61)81(4,5)6)63-39-42-77-71(49-63)67-25-16-18-28-75(67)86(77)59-21-11-8-12-22-59/h7-42,48-53,56-57H,43-47H2,1-6H3. The lowest BCUT2D eigenvalue weighted by Gasteiger charge is -2.61. The molecule has 1 spiro atoms. The van der Waals surface area contributed by atoms with E-state index in [0.29, 0.717) is 11.8 Å². The topological polar surface area (TPSA) is 16.3 Å². The van der Waals surface area contributed by atoms with Crippen LogP contribution in [0.5, 0.6) is 0 Å². The maximum absolute atomic E-state index is 2.73. The van der Waals surface area contributed by atoms with Gasteiger partial charge in [0.25, 0.3) is 0 Å². The summed E-state index contributed by atoms with van der Waals surface area (Å²) in [6.45, 7) is 13.9. The summed E-state index contributed by atoms with van der Waals surface area (Å²) >= 11 is 0. The Morgan fingerprint density at radius 3 is 1.26 bits per heavy atom. The van der Waals surface area contributed by atoms with Crippen molar-refractivity contribution in [3.8, 4) is 22.5 Å². The number of rotatable bonds is 8. The highest BCUT2D eigenvalue weighted by atomic mass is 15.2. The molecule has 5 aliphatic rings. The van der Waals surface area contributed by atoms with Gasteiger partial charge in [0.05, 0.1) is 27.8 Å². The van der Waals surface area contributed by atoms with Crippen molar-refractivity contribution in [2.24, 2.45) is 23.7 Å². The highest BCUT2D eigenvalue weighted by molar-refractivity contribution is 6.14. The molecular formula is C82H72N4. The largest absolute Gasteiger partial charge is 0.310 e. The molecule has 0 saturated heterocycles. The molecule has 0 N–H and O–H groups in total. The van der Waals surface area contributed by atoms with E-state index in [1.807, 2.05) is 0 Å². The first-order valence-corrected chi connectivity index (χ1v) is 31.6. The normalized spacial score (nSPS) is 19.6. The van der Waals surface area contributed by atoms with E-state index in [9.17, 15) is 0 Å². The number of hydrogen-bond donors (Lipinski definition) is 0. The fourth-order valence-corrected chi connectivity index (χ4v) is 17.3. The zero-order valence-electron chi connectivity index (χ0n) is 50.2. The molecule has 0 unspecified atom stereocenters. The maximum atomic E-state index is 2.73. The van der Waals surface area contributed by atoms with Gasteiger partial charge in [0.15, 0.2) is 0 Å². The third kappa shape index (κ3) is 7.67. The van der Waals surface area contributed by atoms with Crippen molar-refractivity contribution in [2.45, 2.75) is 89.9 Å². The fourth-order valence-electron chi connectivity index (χ4n) is 17.3. The van der Waals surface area contributed by atoms with Crippen LogP contribution < -0.4 is 9.80 Å². The van der Waals surface area contributed by atoms with Crippen LogP contribution in [0, 0.1) is 23.7 Å². The van der Waals surface area contributed by atoms with E-state index in [4.69, 9.17) is 0 Å². The summed E-state index contributed by atoms with van der Waals surface area (Å²) < 4.78 is 4.87. The first-order chi connectivity index (χ1) is 41.9. The van der Waals surface area contributed by atoms with Gasteiger partial charge >= 0.3 is 0 Å². The number of hydrogen-bond acceptors (Lipinski definition) is 2. The second kappa shape index (κ2) is 18.9. The van der Waals surface area contributed by atoms with E-state index in [1.165, 1.54) is 148 Å². The van der Waals surface area contributed by atoms with Gasteiger partial charge in [0, 0.05) is 72.2 Å². The van der Waals surface area contributed by atoms with Gasteiger partial charge in [0.1, 0.15) is 0 Å². The average molecular weight is 1110 g/mol. The Hall–Kier alpha value is -9.12. The first kappa shape index (κ1) is 51.3. The van der Waals surface area contributed by atoms with Crippen molar-refractivity contribution in [1.82, 2.24) is 9.13 Å². The van der Waals surface area contributed by atoms with Crippen LogP contribution in [-0.2, 0) is 16.2 Å². The van der Waals surface area contributed by atoms with Gasteiger partial charge in [-0.3, -0.25) is 0 Å². The highest BCUT2D eigenvalue weighted by Gasteiger charge is 2.62. The Kier molecular flexibility index (Phi) is 11.3. The van der Waals surface area contributed by atoms with Crippen molar-refractivity contribution in [3.63, 3.8) is 0 Å². The van der Waals surface area contributed by atoms with Crippen molar-refractivity contribution in [3.05, 3.63) is 265 Å². The Bertz CT molecular complexity index is 4810. The number of aromatic nitrogens is 2. The lowest BCUT2D eigenvalue weighted by atomic mass is 9.43. The summed E-state index contributed by atoms with van der Waals surface area (Å²) in [6, 6.07) is 92.9. The highest BCUT2D eigenvalue weighted by Crippen LogP contribution is 2.71. The van der Waals surface area contributed by atoms with Gasteiger partial charge in [-0.1, -0.05) is 169 Å². The van der Waals surface area contributed by atoms with Crippen LogP contribution in [0.3, 0.4) is 0 Å². The summed E-state index contributed by atoms with van der Waals surface area (Å²) in [5, 5.41) is 7.63. The zero-order chi connectivity index (χ0) is 57.8. The van der Waals surface area contributed by atoms with Gasteiger partial charge in [-0.05, 0) is 221 Å². The van der Waals surface area contributed by atoms with Crippen LogP contribution in [0.25, 0.3) is 76.9 Å². The van der Waals surface area contributed by atoms with Crippen molar-refractivity contribution in [1.29, 1.82) is 0 Å². The van der Waals surface area contributed by atoms with Crippen LogP contribution in [0.2, 0.25) is 0 Å². The molecule has 13 aromatic rings. The van der Waals surface area contributed by atoms with Crippen molar-refractivity contribution in [2.75, 3.05) is 9.80 Å². The molecule has 4 bridgehead atoms. The molecule has 0 radical (unpaired) electrons. The molecule has 5 aliphatic carbocycles. The molecule has 86 heavy (non-hydrogen) atoms. The molecule has 0 amide bonds. The molecule has 4 saturated carbocycles. The number of anilines is 6. The molecule has 0 atom stereocenters. The van der Waals surface area contributed by atoms with E-state index in [-0.39, 0.29) is 16.2 Å². The average Bonchev–Trinajstić information content (AvgIpc) is 1.52. The summed E-state index contributed by atoms with van der Waals surface area (Å²) in [5.41, 5.74) is 22.8. The fraction of sp³-hybridized carbons (Fsp3) is 0.220. The zero-order valence-corrected chi connectivity index (χ0v) is 50.2. The predicted molar refractivity (Wildman–Crippen MR) is 363 cm³/mol.